The summed E-state index contributed by atoms with van der Waals surface area (Å²) in [5, 5.41) is 0. The molecule has 2 aromatic rings. The number of amides is 2. The zero-order valence-corrected chi connectivity index (χ0v) is 13.7. The van der Waals surface area contributed by atoms with Gasteiger partial charge in [-0.05, 0) is 17.7 Å². The lowest BCUT2D eigenvalue weighted by atomic mass is 9.97. The molecule has 1 saturated heterocycles. The van der Waals surface area contributed by atoms with Crippen LogP contribution in [0.25, 0.3) is 0 Å². The molecule has 0 saturated carbocycles. The lowest BCUT2D eigenvalue weighted by Crippen LogP contribution is -2.53. The van der Waals surface area contributed by atoms with Crippen LogP contribution in [-0.4, -0.2) is 48.4 Å². The number of morpholine rings is 1. The first-order valence-electron chi connectivity index (χ1n) is 7.77. The van der Waals surface area contributed by atoms with E-state index in [1.54, 1.807) is 36.2 Å². The molecule has 1 fully saturated rings. The molecule has 2 heterocycles. The summed E-state index contributed by atoms with van der Waals surface area (Å²) in [7, 11) is 3.40. The van der Waals surface area contributed by atoms with Crippen LogP contribution in [0, 0.1) is 0 Å². The molecule has 1 aliphatic heterocycles. The predicted molar refractivity (Wildman–Crippen MR) is 86.9 cm³/mol. The molecule has 0 radical (unpaired) electrons. The molecule has 24 heavy (non-hydrogen) atoms. The minimum Gasteiger partial charge on any atom is -0.467 e. The standard InChI is InChI=1S/C18H20N2O4/c1-19(11-14-9-6-10-23-14)18(22)17-16(13-7-4-3-5-8-13)20(2)15(21)12-24-17/h3-10,16-17H,11-12H2,1-2H3/t16-,17+/m1/s1. The molecule has 0 bridgehead atoms. The monoisotopic (exact) mass is 328 g/mol. The summed E-state index contributed by atoms with van der Waals surface area (Å²) in [6, 6.07) is 12.6. The molecule has 0 aliphatic carbocycles. The predicted octanol–water partition coefficient (Wildman–Crippen LogP) is 1.84. The molecule has 1 aromatic heterocycles. The largest absolute Gasteiger partial charge is 0.467 e. The van der Waals surface area contributed by atoms with E-state index in [1.165, 1.54) is 0 Å². The fraction of sp³-hybridized carbons (Fsp3) is 0.333. The number of nitrogens with zero attached hydrogens (tertiary/aromatic N) is 2. The third-order valence-electron chi connectivity index (χ3n) is 4.22. The average molecular weight is 328 g/mol. The van der Waals surface area contributed by atoms with E-state index in [1.807, 2.05) is 36.4 Å². The quantitative estimate of drug-likeness (QED) is 0.859. The van der Waals surface area contributed by atoms with Crippen LogP contribution in [-0.2, 0) is 20.9 Å². The van der Waals surface area contributed by atoms with Crippen molar-refractivity contribution in [3.63, 3.8) is 0 Å². The highest BCUT2D eigenvalue weighted by molar-refractivity contribution is 5.86. The first-order valence-corrected chi connectivity index (χ1v) is 7.77. The number of likely N-dealkylation sites (N-methyl/N-ethyl adjacent to an activating group) is 2. The van der Waals surface area contributed by atoms with Gasteiger partial charge >= 0.3 is 0 Å². The van der Waals surface area contributed by atoms with Crippen LogP contribution < -0.4 is 0 Å². The average Bonchev–Trinajstić information content (AvgIpc) is 3.10. The number of rotatable bonds is 4. The molecule has 1 aromatic carbocycles. The van der Waals surface area contributed by atoms with Gasteiger partial charge in [0.05, 0.1) is 18.8 Å². The number of ether oxygens (including phenoxy) is 1. The van der Waals surface area contributed by atoms with E-state index in [0.29, 0.717) is 12.3 Å². The van der Waals surface area contributed by atoms with E-state index in [-0.39, 0.29) is 18.4 Å². The fourth-order valence-electron chi connectivity index (χ4n) is 2.90. The molecule has 1 aliphatic rings. The number of benzene rings is 1. The van der Waals surface area contributed by atoms with Gasteiger partial charge in [-0.25, -0.2) is 0 Å². The summed E-state index contributed by atoms with van der Waals surface area (Å²) in [5.41, 5.74) is 0.873. The van der Waals surface area contributed by atoms with Crippen molar-refractivity contribution in [1.82, 2.24) is 9.80 Å². The molecular weight excluding hydrogens is 308 g/mol. The number of furan rings is 1. The van der Waals surface area contributed by atoms with Gasteiger partial charge < -0.3 is 19.0 Å². The van der Waals surface area contributed by atoms with Gasteiger partial charge in [-0.2, -0.15) is 0 Å². The Hall–Kier alpha value is -2.60. The van der Waals surface area contributed by atoms with Crippen LogP contribution in [0.15, 0.2) is 53.1 Å². The summed E-state index contributed by atoms with van der Waals surface area (Å²) in [5.74, 6) is 0.378. The molecule has 6 heteroatoms. The molecule has 0 N–H and O–H groups in total. The first-order chi connectivity index (χ1) is 11.6. The second kappa shape index (κ2) is 6.88. The van der Waals surface area contributed by atoms with E-state index in [0.717, 1.165) is 5.56 Å². The summed E-state index contributed by atoms with van der Waals surface area (Å²) in [4.78, 5) is 28.1. The summed E-state index contributed by atoms with van der Waals surface area (Å²) in [6.07, 6.45) is 0.833. The van der Waals surface area contributed by atoms with Gasteiger partial charge in [0.15, 0.2) is 6.10 Å². The van der Waals surface area contributed by atoms with Crippen molar-refractivity contribution < 1.29 is 18.7 Å². The summed E-state index contributed by atoms with van der Waals surface area (Å²) < 4.78 is 10.9. The van der Waals surface area contributed by atoms with Crippen molar-refractivity contribution >= 4 is 11.8 Å². The molecular formula is C18H20N2O4. The van der Waals surface area contributed by atoms with Crippen molar-refractivity contribution in [3.05, 3.63) is 60.1 Å². The Bertz CT molecular complexity index is 699. The zero-order chi connectivity index (χ0) is 17.1. The maximum absolute atomic E-state index is 12.9. The van der Waals surface area contributed by atoms with Crippen molar-refractivity contribution in [2.75, 3.05) is 20.7 Å². The van der Waals surface area contributed by atoms with E-state index in [2.05, 4.69) is 0 Å². The van der Waals surface area contributed by atoms with Gasteiger partial charge in [0.25, 0.3) is 5.91 Å². The minimum absolute atomic E-state index is 0.0924. The van der Waals surface area contributed by atoms with E-state index in [9.17, 15) is 9.59 Å². The Morgan fingerprint density at radius 1 is 1.25 bits per heavy atom. The summed E-state index contributed by atoms with van der Waals surface area (Å²) in [6.45, 7) is 0.260. The molecule has 6 nitrogen and oxygen atoms in total. The van der Waals surface area contributed by atoms with Crippen LogP contribution in [0.2, 0.25) is 0 Å². The van der Waals surface area contributed by atoms with Crippen molar-refractivity contribution in [3.8, 4) is 0 Å². The SMILES string of the molecule is CN(Cc1ccco1)C(=O)[C@H]1OCC(=O)N(C)[C@@H]1c1ccccc1. The minimum atomic E-state index is -0.741. The van der Waals surface area contributed by atoms with Crippen LogP contribution in [0.3, 0.4) is 0 Å². The van der Waals surface area contributed by atoms with E-state index in [4.69, 9.17) is 9.15 Å². The second-order valence-corrected chi connectivity index (χ2v) is 5.87. The number of hydrogen-bond acceptors (Lipinski definition) is 4. The Morgan fingerprint density at radius 2 is 2.00 bits per heavy atom. The van der Waals surface area contributed by atoms with Crippen LogP contribution in [0.1, 0.15) is 17.4 Å². The van der Waals surface area contributed by atoms with Crippen LogP contribution in [0.4, 0.5) is 0 Å². The first kappa shape index (κ1) is 16.3. The van der Waals surface area contributed by atoms with E-state index < -0.39 is 12.1 Å². The maximum Gasteiger partial charge on any atom is 0.254 e. The topological polar surface area (TPSA) is 63.0 Å². The molecule has 0 unspecified atom stereocenters. The zero-order valence-electron chi connectivity index (χ0n) is 13.7. The number of carbonyl (C=O) groups excluding carboxylic acids is 2. The lowest BCUT2D eigenvalue weighted by Gasteiger charge is -2.39. The van der Waals surface area contributed by atoms with Gasteiger partial charge in [0.2, 0.25) is 5.91 Å². The van der Waals surface area contributed by atoms with E-state index >= 15 is 0 Å². The Labute approximate surface area is 140 Å². The van der Waals surface area contributed by atoms with Gasteiger partial charge in [-0.15, -0.1) is 0 Å². The molecule has 0 spiro atoms. The van der Waals surface area contributed by atoms with Gasteiger partial charge in [-0.3, -0.25) is 9.59 Å². The van der Waals surface area contributed by atoms with Crippen LogP contribution >= 0.6 is 0 Å². The van der Waals surface area contributed by atoms with Crippen LogP contribution in [0.5, 0.6) is 0 Å². The highest BCUT2D eigenvalue weighted by Gasteiger charge is 2.41. The highest BCUT2D eigenvalue weighted by atomic mass is 16.5. The normalized spacial score (nSPS) is 20.9. The van der Waals surface area contributed by atoms with Gasteiger partial charge in [0, 0.05) is 14.1 Å². The van der Waals surface area contributed by atoms with Crippen molar-refractivity contribution in [1.29, 1.82) is 0 Å². The Morgan fingerprint density at radius 3 is 2.67 bits per heavy atom. The van der Waals surface area contributed by atoms with Gasteiger partial charge in [0.1, 0.15) is 12.4 Å². The Balaban J connectivity index is 1.83. The Kier molecular flexibility index (Phi) is 4.66. The molecule has 126 valence electrons. The molecule has 2 amide bonds. The van der Waals surface area contributed by atoms with Crippen molar-refractivity contribution in [2.24, 2.45) is 0 Å². The summed E-state index contributed by atoms with van der Waals surface area (Å²) >= 11 is 0. The molecule has 2 atom stereocenters. The third kappa shape index (κ3) is 3.19. The highest BCUT2D eigenvalue weighted by Crippen LogP contribution is 2.30. The molecule has 3 rings (SSSR count). The smallest absolute Gasteiger partial charge is 0.254 e. The maximum atomic E-state index is 12.9. The second-order valence-electron chi connectivity index (χ2n) is 5.87. The lowest BCUT2D eigenvalue weighted by molar-refractivity contribution is -0.167. The fourth-order valence-corrected chi connectivity index (χ4v) is 2.90. The van der Waals surface area contributed by atoms with Gasteiger partial charge in [-0.1, -0.05) is 30.3 Å². The van der Waals surface area contributed by atoms with Crippen molar-refractivity contribution in [2.45, 2.75) is 18.7 Å². The number of hydrogen-bond donors (Lipinski definition) is 0. The third-order valence-corrected chi connectivity index (χ3v) is 4.22. The number of carbonyl (C=O) groups is 2.